The lowest BCUT2D eigenvalue weighted by Crippen LogP contribution is -2.48. The first-order valence-electron chi connectivity index (χ1n) is 6.19. The van der Waals surface area contributed by atoms with Crippen molar-refractivity contribution in [1.29, 1.82) is 0 Å². The lowest BCUT2D eigenvalue weighted by molar-refractivity contribution is -0.138. The van der Waals surface area contributed by atoms with Gasteiger partial charge in [-0.2, -0.15) is 0 Å². The van der Waals surface area contributed by atoms with E-state index >= 15 is 0 Å². The van der Waals surface area contributed by atoms with Gasteiger partial charge in [0.1, 0.15) is 0 Å². The Balaban J connectivity index is 2.18. The zero-order chi connectivity index (χ0) is 12.3. The number of fused-ring (bicyclic) bond motifs is 1. The van der Waals surface area contributed by atoms with Crippen LogP contribution in [0.25, 0.3) is 0 Å². The zero-order valence-electron chi connectivity index (χ0n) is 10.2. The molecule has 0 spiro atoms. The third-order valence-electron chi connectivity index (χ3n) is 3.42. The molecule has 0 fully saturated rings. The second-order valence-corrected chi connectivity index (χ2v) is 4.90. The largest absolute Gasteiger partial charge is 0.481 e. The molecule has 1 aliphatic rings. The fourth-order valence-corrected chi connectivity index (χ4v) is 2.69. The minimum atomic E-state index is -0.721. The van der Waals surface area contributed by atoms with E-state index in [1.807, 2.05) is 12.1 Å². The maximum atomic E-state index is 11.0. The Hall–Kier alpha value is -1.35. The fraction of sp³-hybridized carbons (Fsp3) is 0.500. The van der Waals surface area contributed by atoms with Gasteiger partial charge in [0, 0.05) is 5.54 Å². The highest BCUT2D eigenvalue weighted by Crippen LogP contribution is 2.32. The molecule has 0 aliphatic heterocycles. The highest BCUT2D eigenvalue weighted by molar-refractivity contribution is 5.69. The van der Waals surface area contributed by atoms with E-state index in [2.05, 4.69) is 24.4 Å². The molecule has 1 aromatic rings. The summed E-state index contributed by atoms with van der Waals surface area (Å²) in [5.41, 5.74) is 2.31. The number of rotatable bonds is 5. The second kappa shape index (κ2) is 4.88. The third kappa shape index (κ3) is 2.67. The van der Waals surface area contributed by atoms with Gasteiger partial charge in [-0.05, 0) is 36.9 Å². The van der Waals surface area contributed by atoms with Crippen molar-refractivity contribution in [3.63, 3.8) is 0 Å². The lowest BCUT2D eigenvalue weighted by Gasteiger charge is -2.28. The van der Waals surface area contributed by atoms with Crippen LogP contribution in [0.4, 0.5) is 0 Å². The van der Waals surface area contributed by atoms with Crippen LogP contribution in [0, 0.1) is 0 Å². The van der Waals surface area contributed by atoms with Crippen LogP contribution >= 0.6 is 0 Å². The van der Waals surface area contributed by atoms with E-state index in [0.717, 1.165) is 25.8 Å². The molecule has 3 heteroatoms. The zero-order valence-corrected chi connectivity index (χ0v) is 10.2. The van der Waals surface area contributed by atoms with Crippen molar-refractivity contribution in [2.24, 2.45) is 0 Å². The molecule has 1 aromatic carbocycles. The Bertz CT molecular complexity index is 389. The van der Waals surface area contributed by atoms with Gasteiger partial charge in [-0.1, -0.05) is 31.2 Å². The van der Waals surface area contributed by atoms with Crippen LogP contribution in [0.5, 0.6) is 0 Å². The monoisotopic (exact) mass is 233 g/mol. The van der Waals surface area contributed by atoms with Crippen LogP contribution < -0.4 is 5.32 Å². The average Bonchev–Trinajstić information content (AvgIpc) is 2.63. The van der Waals surface area contributed by atoms with Crippen molar-refractivity contribution < 1.29 is 9.90 Å². The van der Waals surface area contributed by atoms with Crippen LogP contribution in [0.2, 0.25) is 0 Å². The molecule has 2 rings (SSSR count). The molecule has 3 nitrogen and oxygen atoms in total. The van der Waals surface area contributed by atoms with E-state index in [-0.39, 0.29) is 12.0 Å². The molecule has 0 bridgehead atoms. The molecule has 0 saturated heterocycles. The number of carboxylic acids is 1. The van der Waals surface area contributed by atoms with E-state index in [4.69, 9.17) is 5.11 Å². The summed E-state index contributed by atoms with van der Waals surface area (Å²) in [6, 6.07) is 8.25. The molecule has 1 aliphatic carbocycles. The van der Waals surface area contributed by atoms with Gasteiger partial charge >= 0.3 is 5.97 Å². The summed E-state index contributed by atoms with van der Waals surface area (Å²) in [7, 11) is 0. The molecule has 0 heterocycles. The van der Waals surface area contributed by atoms with E-state index < -0.39 is 5.97 Å². The third-order valence-corrected chi connectivity index (χ3v) is 3.42. The normalized spacial score (nSPS) is 16.8. The minimum Gasteiger partial charge on any atom is -0.481 e. The Kier molecular flexibility index (Phi) is 3.48. The number of carbonyl (C=O) groups is 1. The molecular weight excluding hydrogens is 214 g/mol. The Morgan fingerprint density at radius 2 is 1.94 bits per heavy atom. The van der Waals surface area contributed by atoms with E-state index in [1.54, 1.807) is 0 Å². The van der Waals surface area contributed by atoms with Crippen molar-refractivity contribution in [3.8, 4) is 0 Å². The van der Waals surface area contributed by atoms with Gasteiger partial charge in [-0.25, -0.2) is 0 Å². The first-order chi connectivity index (χ1) is 8.15. The van der Waals surface area contributed by atoms with Gasteiger partial charge < -0.3 is 10.4 Å². The molecule has 0 aromatic heterocycles. The van der Waals surface area contributed by atoms with Gasteiger partial charge in [0.25, 0.3) is 0 Å². The highest BCUT2D eigenvalue weighted by atomic mass is 16.4. The highest BCUT2D eigenvalue weighted by Gasteiger charge is 2.38. The molecule has 0 saturated carbocycles. The second-order valence-electron chi connectivity index (χ2n) is 4.90. The average molecular weight is 233 g/mol. The minimum absolute atomic E-state index is 0.196. The van der Waals surface area contributed by atoms with Gasteiger partial charge in [0.2, 0.25) is 0 Å². The first kappa shape index (κ1) is 12.1. The van der Waals surface area contributed by atoms with Crippen molar-refractivity contribution in [1.82, 2.24) is 5.32 Å². The molecule has 2 N–H and O–H groups in total. The van der Waals surface area contributed by atoms with Crippen LogP contribution in [0.1, 0.15) is 30.9 Å². The number of hydrogen-bond acceptors (Lipinski definition) is 2. The van der Waals surface area contributed by atoms with Gasteiger partial charge in [0.15, 0.2) is 0 Å². The molecule has 0 unspecified atom stereocenters. The number of nitrogens with one attached hydrogen (secondary N) is 1. The summed E-state index contributed by atoms with van der Waals surface area (Å²) in [5.74, 6) is -0.721. The van der Waals surface area contributed by atoms with E-state index in [0.29, 0.717) is 0 Å². The maximum Gasteiger partial charge on any atom is 0.305 e. The van der Waals surface area contributed by atoms with Crippen LogP contribution in [0.3, 0.4) is 0 Å². The summed E-state index contributed by atoms with van der Waals surface area (Å²) < 4.78 is 0. The van der Waals surface area contributed by atoms with E-state index in [1.165, 1.54) is 11.1 Å². The van der Waals surface area contributed by atoms with Crippen molar-refractivity contribution in [2.45, 2.75) is 38.1 Å². The maximum absolute atomic E-state index is 11.0. The van der Waals surface area contributed by atoms with Crippen molar-refractivity contribution >= 4 is 5.97 Å². The summed E-state index contributed by atoms with van der Waals surface area (Å²) in [6.07, 6.45) is 2.88. The molecule has 0 radical (unpaired) electrons. The van der Waals surface area contributed by atoms with Gasteiger partial charge in [0.05, 0.1) is 6.42 Å². The molecule has 0 amide bonds. The van der Waals surface area contributed by atoms with Crippen LogP contribution in [0.15, 0.2) is 24.3 Å². The summed E-state index contributed by atoms with van der Waals surface area (Å²) >= 11 is 0. The quantitative estimate of drug-likeness (QED) is 0.817. The smallest absolute Gasteiger partial charge is 0.305 e. The van der Waals surface area contributed by atoms with Crippen LogP contribution in [-0.4, -0.2) is 23.2 Å². The van der Waals surface area contributed by atoms with Gasteiger partial charge in [-0.3, -0.25) is 4.79 Å². The number of carboxylic acid groups (broad SMARTS) is 1. The topological polar surface area (TPSA) is 49.3 Å². The lowest BCUT2D eigenvalue weighted by atomic mass is 9.91. The molecule has 0 atom stereocenters. The molecule has 17 heavy (non-hydrogen) atoms. The fourth-order valence-electron chi connectivity index (χ4n) is 2.69. The Morgan fingerprint density at radius 3 is 2.41 bits per heavy atom. The summed E-state index contributed by atoms with van der Waals surface area (Å²) in [4.78, 5) is 11.0. The van der Waals surface area contributed by atoms with Crippen molar-refractivity contribution in [3.05, 3.63) is 35.4 Å². The summed E-state index contributed by atoms with van der Waals surface area (Å²) in [6.45, 7) is 2.98. The number of aliphatic carboxylic acids is 1. The van der Waals surface area contributed by atoms with E-state index in [9.17, 15) is 4.79 Å². The Morgan fingerprint density at radius 1 is 1.35 bits per heavy atom. The van der Waals surface area contributed by atoms with Gasteiger partial charge in [-0.15, -0.1) is 0 Å². The predicted molar refractivity (Wildman–Crippen MR) is 67.1 cm³/mol. The standard InChI is InChI=1S/C14H19NO2/c1-2-7-15-14(10-13(16)17)8-11-5-3-4-6-12(11)9-14/h3-6,15H,2,7-10H2,1H3,(H,16,17). The number of benzene rings is 1. The SMILES string of the molecule is CCCNC1(CC(=O)O)Cc2ccccc2C1. The van der Waals surface area contributed by atoms with Crippen LogP contribution in [-0.2, 0) is 17.6 Å². The predicted octanol–water partition coefficient (Wildman–Crippen LogP) is 2.00. The number of hydrogen-bond donors (Lipinski definition) is 2. The first-order valence-corrected chi connectivity index (χ1v) is 6.19. The Labute approximate surface area is 102 Å². The molecule has 92 valence electrons. The summed E-state index contributed by atoms with van der Waals surface area (Å²) in [5, 5.41) is 12.5. The van der Waals surface area contributed by atoms with Crippen molar-refractivity contribution in [2.75, 3.05) is 6.54 Å². The molecular formula is C14H19NO2.